The van der Waals surface area contributed by atoms with Crippen molar-refractivity contribution in [2.45, 2.75) is 25.9 Å². The summed E-state index contributed by atoms with van der Waals surface area (Å²) in [5.41, 5.74) is 0.607. The van der Waals surface area contributed by atoms with Gasteiger partial charge in [-0.1, -0.05) is 17.3 Å². The Hall–Kier alpha value is -2.32. The van der Waals surface area contributed by atoms with Gasteiger partial charge in [-0.05, 0) is 24.6 Å². The Balaban J connectivity index is 1.81. The smallest absolute Gasteiger partial charge is 0.242 e. The van der Waals surface area contributed by atoms with Gasteiger partial charge in [-0.15, -0.1) is 0 Å². The third-order valence-corrected chi connectivity index (χ3v) is 4.11. The molecule has 1 aromatic heterocycles. The van der Waals surface area contributed by atoms with Crippen molar-refractivity contribution in [2.24, 2.45) is 0 Å². The first kappa shape index (κ1) is 17.5. The largest absolute Gasteiger partial charge is 0.379 e. The standard InChI is InChI=1S/C17H21FN4O3/c1-11(16-20-12(2)25-21-16)19-17(23)15(22-6-8-24-9-7-22)13-4-3-5-14(18)10-13/h3-5,10-11,15H,6-9H2,1-2H3,(H,19,23)/t11-,15+/m1/s1. The van der Waals surface area contributed by atoms with Crippen LogP contribution in [0.5, 0.6) is 0 Å². The van der Waals surface area contributed by atoms with Gasteiger partial charge in [0.25, 0.3) is 0 Å². The van der Waals surface area contributed by atoms with E-state index in [1.54, 1.807) is 26.0 Å². The van der Waals surface area contributed by atoms with Crippen LogP contribution in [0.4, 0.5) is 4.39 Å². The molecule has 0 radical (unpaired) electrons. The maximum Gasteiger partial charge on any atom is 0.242 e. The number of halogens is 1. The second kappa shape index (κ2) is 7.71. The molecule has 0 unspecified atom stereocenters. The summed E-state index contributed by atoms with van der Waals surface area (Å²) in [7, 11) is 0. The van der Waals surface area contributed by atoms with E-state index in [2.05, 4.69) is 15.5 Å². The molecule has 1 fully saturated rings. The van der Waals surface area contributed by atoms with Crippen molar-refractivity contribution in [3.63, 3.8) is 0 Å². The van der Waals surface area contributed by atoms with Crippen LogP contribution in [0.2, 0.25) is 0 Å². The lowest BCUT2D eigenvalue weighted by Gasteiger charge is -2.34. The van der Waals surface area contributed by atoms with Crippen LogP contribution >= 0.6 is 0 Å². The highest BCUT2D eigenvalue weighted by Crippen LogP contribution is 2.24. The molecule has 1 saturated heterocycles. The second-order valence-electron chi connectivity index (χ2n) is 6.01. The summed E-state index contributed by atoms with van der Waals surface area (Å²) in [5.74, 6) is 0.240. The number of nitrogens with one attached hydrogen (secondary N) is 1. The number of aryl methyl sites for hydroxylation is 1. The van der Waals surface area contributed by atoms with Crippen molar-refractivity contribution in [3.05, 3.63) is 47.4 Å². The van der Waals surface area contributed by atoms with Crippen LogP contribution in [0.1, 0.15) is 36.3 Å². The number of hydrogen-bond acceptors (Lipinski definition) is 6. The number of aromatic nitrogens is 2. The molecule has 25 heavy (non-hydrogen) atoms. The van der Waals surface area contributed by atoms with E-state index in [9.17, 15) is 9.18 Å². The van der Waals surface area contributed by atoms with Crippen LogP contribution in [0, 0.1) is 12.7 Å². The van der Waals surface area contributed by atoms with Gasteiger partial charge in [-0.2, -0.15) is 4.98 Å². The number of benzene rings is 1. The van der Waals surface area contributed by atoms with Crippen molar-refractivity contribution in [3.8, 4) is 0 Å². The molecule has 1 amide bonds. The Morgan fingerprint density at radius 1 is 1.36 bits per heavy atom. The van der Waals surface area contributed by atoms with E-state index in [0.29, 0.717) is 43.6 Å². The summed E-state index contributed by atoms with van der Waals surface area (Å²) >= 11 is 0. The van der Waals surface area contributed by atoms with Gasteiger partial charge in [0.2, 0.25) is 11.8 Å². The molecule has 7 nitrogen and oxygen atoms in total. The minimum Gasteiger partial charge on any atom is -0.379 e. The van der Waals surface area contributed by atoms with Gasteiger partial charge < -0.3 is 14.6 Å². The molecule has 2 heterocycles. The van der Waals surface area contributed by atoms with Gasteiger partial charge in [0.1, 0.15) is 11.9 Å². The van der Waals surface area contributed by atoms with Gasteiger partial charge in [0.15, 0.2) is 5.82 Å². The summed E-state index contributed by atoms with van der Waals surface area (Å²) in [4.78, 5) is 19.1. The molecular formula is C17H21FN4O3. The Morgan fingerprint density at radius 2 is 2.12 bits per heavy atom. The lowest BCUT2D eigenvalue weighted by molar-refractivity contribution is -0.129. The molecule has 3 rings (SSSR count). The van der Waals surface area contributed by atoms with E-state index in [1.165, 1.54) is 12.1 Å². The molecule has 0 bridgehead atoms. The van der Waals surface area contributed by atoms with E-state index >= 15 is 0 Å². The summed E-state index contributed by atoms with van der Waals surface area (Å²) in [6, 6.07) is 5.10. The van der Waals surface area contributed by atoms with Crippen molar-refractivity contribution in [1.82, 2.24) is 20.4 Å². The molecule has 0 spiro atoms. The van der Waals surface area contributed by atoms with Gasteiger partial charge in [0, 0.05) is 20.0 Å². The van der Waals surface area contributed by atoms with Crippen LogP contribution in [0.15, 0.2) is 28.8 Å². The van der Waals surface area contributed by atoms with Crippen molar-refractivity contribution in [2.75, 3.05) is 26.3 Å². The number of morpholine rings is 1. The summed E-state index contributed by atoms with van der Waals surface area (Å²) in [6.45, 7) is 5.75. The highest BCUT2D eigenvalue weighted by molar-refractivity contribution is 5.83. The van der Waals surface area contributed by atoms with E-state index in [4.69, 9.17) is 9.26 Å². The molecule has 2 atom stereocenters. The van der Waals surface area contributed by atoms with Crippen molar-refractivity contribution in [1.29, 1.82) is 0 Å². The van der Waals surface area contributed by atoms with E-state index < -0.39 is 12.1 Å². The fourth-order valence-electron chi connectivity index (χ4n) is 2.89. The van der Waals surface area contributed by atoms with Crippen LogP contribution in [0.3, 0.4) is 0 Å². The average Bonchev–Trinajstić information content (AvgIpc) is 3.03. The molecule has 8 heteroatoms. The van der Waals surface area contributed by atoms with E-state index in [-0.39, 0.29) is 11.7 Å². The molecular weight excluding hydrogens is 327 g/mol. The molecule has 134 valence electrons. The van der Waals surface area contributed by atoms with Gasteiger partial charge in [-0.25, -0.2) is 4.39 Å². The maximum atomic E-state index is 13.7. The molecule has 1 N–H and O–H groups in total. The van der Waals surface area contributed by atoms with Crippen LogP contribution in [0.25, 0.3) is 0 Å². The molecule has 0 saturated carbocycles. The zero-order valence-corrected chi connectivity index (χ0v) is 14.2. The van der Waals surface area contributed by atoms with Gasteiger partial charge >= 0.3 is 0 Å². The Labute approximate surface area is 145 Å². The Bertz CT molecular complexity index is 730. The van der Waals surface area contributed by atoms with E-state index in [0.717, 1.165) is 0 Å². The maximum absolute atomic E-state index is 13.7. The number of ether oxygens (including phenoxy) is 1. The first-order valence-corrected chi connectivity index (χ1v) is 8.22. The average molecular weight is 348 g/mol. The predicted octanol–water partition coefficient (Wildman–Crippen LogP) is 1.77. The fourth-order valence-corrected chi connectivity index (χ4v) is 2.89. The van der Waals surface area contributed by atoms with Gasteiger partial charge in [-0.3, -0.25) is 9.69 Å². The first-order chi connectivity index (χ1) is 12.0. The number of amides is 1. The fraction of sp³-hybridized carbons (Fsp3) is 0.471. The predicted molar refractivity (Wildman–Crippen MR) is 87.1 cm³/mol. The number of carbonyl (C=O) groups excluding carboxylic acids is 1. The lowest BCUT2D eigenvalue weighted by atomic mass is 10.0. The van der Waals surface area contributed by atoms with Crippen LogP contribution < -0.4 is 5.32 Å². The lowest BCUT2D eigenvalue weighted by Crippen LogP contribution is -2.46. The zero-order valence-electron chi connectivity index (χ0n) is 14.2. The Kier molecular flexibility index (Phi) is 5.40. The normalized spacial score (nSPS) is 17.9. The summed E-state index contributed by atoms with van der Waals surface area (Å²) in [6.07, 6.45) is 0. The van der Waals surface area contributed by atoms with E-state index in [1.807, 2.05) is 4.90 Å². The highest BCUT2D eigenvalue weighted by atomic mass is 19.1. The molecule has 1 aliphatic heterocycles. The number of nitrogens with zero attached hydrogens (tertiary/aromatic N) is 3. The number of hydrogen-bond donors (Lipinski definition) is 1. The number of carbonyl (C=O) groups is 1. The molecule has 2 aromatic rings. The third kappa shape index (κ3) is 4.21. The summed E-state index contributed by atoms with van der Waals surface area (Å²) < 4.78 is 24.0. The van der Waals surface area contributed by atoms with Crippen LogP contribution in [-0.2, 0) is 9.53 Å². The number of rotatable bonds is 5. The molecule has 0 aliphatic carbocycles. The molecule has 1 aromatic carbocycles. The quantitative estimate of drug-likeness (QED) is 0.887. The highest BCUT2D eigenvalue weighted by Gasteiger charge is 2.30. The van der Waals surface area contributed by atoms with Crippen molar-refractivity contribution >= 4 is 5.91 Å². The zero-order chi connectivity index (χ0) is 17.8. The van der Waals surface area contributed by atoms with Crippen LogP contribution in [-0.4, -0.2) is 47.3 Å². The third-order valence-electron chi connectivity index (χ3n) is 4.11. The minimum atomic E-state index is -0.602. The second-order valence-corrected chi connectivity index (χ2v) is 6.01. The molecule has 1 aliphatic rings. The summed E-state index contributed by atoms with van der Waals surface area (Å²) in [5, 5.41) is 6.73. The minimum absolute atomic E-state index is 0.234. The van der Waals surface area contributed by atoms with Gasteiger partial charge in [0.05, 0.1) is 19.3 Å². The monoisotopic (exact) mass is 348 g/mol. The first-order valence-electron chi connectivity index (χ1n) is 8.22. The topological polar surface area (TPSA) is 80.5 Å². The van der Waals surface area contributed by atoms with Crippen molar-refractivity contribution < 1.29 is 18.4 Å². The SMILES string of the molecule is Cc1nc([C@@H](C)NC(=O)[C@H](c2cccc(F)c2)N2CCOCC2)no1. The Morgan fingerprint density at radius 3 is 2.76 bits per heavy atom.